The van der Waals surface area contributed by atoms with E-state index in [1.807, 2.05) is 6.20 Å². The molecule has 4 rings (SSSR count). The van der Waals surface area contributed by atoms with Gasteiger partial charge in [0.25, 0.3) is 0 Å². The van der Waals surface area contributed by atoms with Crippen LogP contribution in [0.1, 0.15) is 50.8 Å². The predicted octanol–water partition coefficient (Wildman–Crippen LogP) is 2.98. The van der Waals surface area contributed by atoms with Crippen molar-refractivity contribution < 1.29 is 4.52 Å². The smallest absolute Gasteiger partial charge is 0.230 e. The van der Waals surface area contributed by atoms with Crippen molar-refractivity contribution in [3.8, 4) is 11.4 Å². The summed E-state index contributed by atoms with van der Waals surface area (Å²) in [5.41, 5.74) is 0.924. The second-order valence-electron chi connectivity index (χ2n) is 6.99. The molecule has 0 saturated carbocycles. The zero-order valence-electron chi connectivity index (χ0n) is 14.2. The predicted molar refractivity (Wildman–Crippen MR) is 93.0 cm³/mol. The zero-order valence-corrected chi connectivity index (χ0v) is 14.2. The molecule has 0 radical (unpaired) electrons. The molecule has 0 aliphatic carbocycles. The lowest BCUT2D eigenvalue weighted by molar-refractivity contribution is 0.295. The van der Waals surface area contributed by atoms with Gasteiger partial charge in [-0.1, -0.05) is 5.16 Å². The van der Waals surface area contributed by atoms with E-state index in [1.54, 1.807) is 0 Å². The third-order valence-corrected chi connectivity index (χ3v) is 5.10. The van der Waals surface area contributed by atoms with Gasteiger partial charge in [-0.3, -0.25) is 0 Å². The minimum atomic E-state index is 0.364. The van der Waals surface area contributed by atoms with E-state index in [1.165, 1.54) is 19.3 Å². The minimum Gasteiger partial charge on any atom is -0.357 e. The lowest BCUT2D eigenvalue weighted by Gasteiger charge is -2.27. The SMILES string of the molecule is C[C@H]1C[C@@H](c2nc(-c3ccc(N4CCCCC4)nc3)no2)CCN1. The summed E-state index contributed by atoms with van der Waals surface area (Å²) in [6.45, 7) is 5.42. The molecular weight excluding hydrogens is 302 g/mol. The standard InChI is InChI=1S/C18H25N5O/c1-13-11-14(7-8-19-13)18-21-17(22-24-18)15-5-6-16(20-12-15)23-9-3-2-4-10-23/h5-6,12-14,19H,2-4,7-11H2,1H3/t13-,14-/m0/s1. The molecule has 0 bridgehead atoms. The first-order valence-corrected chi connectivity index (χ1v) is 9.08. The van der Waals surface area contributed by atoms with Crippen molar-refractivity contribution in [1.29, 1.82) is 0 Å². The highest BCUT2D eigenvalue weighted by Crippen LogP contribution is 2.28. The topological polar surface area (TPSA) is 67.1 Å². The van der Waals surface area contributed by atoms with Gasteiger partial charge in [0.2, 0.25) is 11.7 Å². The molecule has 6 nitrogen and oxygen atoms in total. The van der Waals surface area contributed by atoms with E-state index in [0.29, 0.717) is 17.8 Å². The van der Waals surface area contributed by atoms with Crippen molar-refractivity contribution in [3.63, 3.8) is 0 Å². The maximum absolute atomic E-state index is 5.53. The van der Waals surface area contributed by atoms with Gasteiger partial charge in [0, 0.05) is 36.8 Å². The molecule has 0 amide bonds. The number of hydrogen-bond donors (Lipinski definition) is 1. The fourth-order valence-corrected chi connectivity index (χ4v) is 3.70. The number of hydrogen-bond acceptors (Lipinski definition) is 6. The summed E-state index contributed by atoms with van der Waals surface area (Å²) in [5, 5.41) is 7.62. The normalized spacial score (nSPS) is 25.0. The van der Waals surface area contributed by atoms with Crippen molar-refractivity contribution in [2.75, 3.05) is 24.5 Å². The lowest BCUT2D eigenvalue weighted by Crippen LogP contribution is -2.34. The Hall–Kier alpha value is -1.95. The van der Waals surface area contributed by atoms with Crippen LogP contribution in [0.3, 0.4) is 0 Å². The molecule has 2 aromatic heterocycles. The molecule has 4 heterocycles. The van der Waals surface area contributed by atoms with Gasteiger partial charge in [0.05, 0.1) is 0 Å². The number of piperidine rings is 2. The van der Waals surface area contributed by atoms with Crippen molar-refractivity contribution >= 4 is 5.82 Å². The van der Waals surface area contributed by atoms with Gasteiger partial charge in [0.15, 0.2) is 0 Å². The second-order valence-corrected chi connectivity index (χ2v) is 6.99. The summed E-state index contributed by atoms with van der Waals surface area (Å²) >= 11 is 0. The third-order valence-electron chi connectivity index (χ3n) is 5.10. The summed E-state index contributed by atoms with van der Waals surface area (Å²) in [7, 11) is 0. The van der Waals surface area contributed by atoms with E-state index in [-0.39, 0.29) is 0 Å². The molecule has 0 unspecified atom stereocenters. The Kier molecular flexibility index (Phi) is 4.47. The fourth-order valence-electron chi connectivity index (χ4n) is 3.70. The monoisotopic (exact) mass is 327 g/mol. The summed E-state index contributed by atoms with van der Waals surface area (Å²) in [6.07, 6.45) is 7.81. The van der Waals surface area contributed by atoms with Crippen LogP contribution in [-0.4, -0.2) is 40.8 Å². The number of rotatable bonds is 3. The Balaban J connectivity index is 1.47. The molecule has 2 aliphatic rings. The van der Waals surface area contributed by atoms with E-state index in [9.17, 15) is 0 Å². The van der Waals surface area contributed by atoms with Gasteiger partial charge in [-0.15, -0.1) is 0 Å². The van der Waals surface area contributed by atoms with Crippen LogP contribution in [0, 0.1) is 0 Å². The Bertz CT molecular complexity index is 662. The minimum absolute atomic E-state index is 0.364. The highest BCUT2D eigenvalue weighted by atomic mass is 16.5. The van der Waals surface area contributed by atoms with Gasteiger partial charge in [0.1, 0.15) is 5.82 Å². The lowest BCUT2D eigenvalue weighted by atomic mass is 9.93. The molecule has 24 heavy (non-hydrogen) atoms. The molecule has 2 aromatic rings. The van der Waals surface area contributed by atoms with Gasteiger partial charge in [-0.2, -0.15) is 4.98 Å². The maximum Gasteiger partial charge on any atom is 0.230 e. The quantitative estimate of drug-likeness (QED) is 0.935. The van der Waals surface area contributed by atoms with Gasteiger partial charge < -0.3 is 14.7 Å². The molecule has 128 valence electrons. The van der Waals surface area contributed by atoms with Crippen LogP contribution in [-0.2, 0) is 0 Å². The second kappa shape index (κ2) is 6.89. The van der Waals surface area contributed by atoms with E-state index >= 15 is 0 Å². The third kappa shape index (κ3) is 3.29. The molecule has 2 fully saturated rings. The summed E-state index contributed by atoms with van der Waals surface area (Å²) in [6, 6.07) is 4.63. The van der Waals surface area contributed by atoms with E-state index in [4.69, 9.17) is 4.52 Å². The number of nitrogens with zero attached hydrogens (tertiary/aromatic N) is 4. The summed E-state index contributed by atoms with van der Waals surface area (Å²) in [4.78, 5) is 11.6. The highest BCUT2D eigenvalue weighted by molar-refractivity contribution is 5.56. The molecule has 2 aliphatic heterocycles. The van der Waals surface area contributed by atoms with Crippen LogP contribution in [0.4, 0.5) is 5.82 Å². The molecule has 6 heteroatoms. The van der Waals surface area contributed by atoms with Crippen LogP contribution in [0.25, 0.3) is 11.4 Å². The van der Waals surface area contributed by atoms with Crippen molar-refractivity contribution in [2.24, 2.45) is 0 Å². The van der Waals surface area contributed by atoms with Crippen LogP contribution >= 0.6 is 0 Å². The molecule has 2 saturated heterocycles. The number of pyridine rings is 1. The Labute approximate surface area is 142 Å². The van der Waals surface area contributed by atoms with Gasteiger partial charge >= 0.3 is 0 Å². The summed E-state index contributed by atoms with van der Waals surface area (Å²) in [5.74, 6) is 2.82. The highest BCUT2D eigenvalue weighted by Gasteiger charge is 2.25. The van der Waals surface area contributed by atoms with E-state index < -0.39 is 0 Å². The average Bonchev–Trinajstić information content (AvgIpc) is 3.13. The first kappa shape index (κ1) is 15.6. The molecule has 2 atom stereocenters. The maximum atomic E-state index is 5.53. The molecular formula is C18H25N5O. The molecule has 0 spiro atoms. The van der Waals surface area contributed by atoms with Gasteiger partial charge in [-0.25, -0.2) is 4.98 Å². The van der Waals surface area contributed by atoms with Crippen LogP contribution in [0.15, 0.2) is 22.9 Å². The fraction of sp³-hybridized carbons (Fsp3) is 0.611. The Morgan fingerprint density at radius 1 is 1.21 bits per heavy atom. The largest absolute Gasteiger partial charge is 0.357 e. The first-order chi connectivity index (χ1) is 11.8. The number of nitrogens with one attached hydrogen (secondary N) is 1. The average molecular weight is 327 g/mol. The first-order valence-electron chi connectivity index (χ1n) is 9.08. The number of anilines is 1. The zero-order chi connectivity index (χ0) is 16.4. The van der Waals surface area contributed by atoms with Crippen LogP contribution in [0.5, 0.6) is 0 Å². The molecule has 1 N–H and O–H groups in total. The van der Waals surface area contributed by atoms with E-state index in [0.717, 1.165) is 49.7 Å². The van der Waals surface area contributed by atoms with Crippen LogP contribution < -0.4 is 10.2 Å². The Morgan fingerprint density at radius 3 is 2.83 bits per heavy atom. The van der Waals surface area contributed by atoms with E-state index in [2.05, 4.69) is 44.4 Å². The van der Waals surface area contributed by atoms with Crippen molar-refractivity contribution in [3.05, 3.63) is 24.2 Å². The Morgan fingerprint density at radius 2 is 2.08 bits per heavy atom. The van der Waals surface area contributed by atoms with Crippen LogP contribution in [0.2, 0.25) is 0 Å². The summed E-state index contributed by atoms with van der Waals surface area (Å²) < 4.78 is 5.53. The van der Waals surface area contributed by atoms with Crippen molar-refractivity contribution in [2.45, 2.75) is 51.0 Å². The van der Waals surface area contributed by atoms with Crippen molar-refractivity contribution in [1.82, 2.24) is 20.4 Å². The number of aromatic nitrogens is 3. The van der Waals surface area contributed by atoms with Gasteiger partial charge in [-0.05, 0) is 57.7 Å². The molecule has 0 aromatic carbocycles.